The van der Waals surface area contributed by atoms with Gasteiger partial charge >= 0.3 is 0 Å². The minimum atomic E-state index is -0.234. The lowest BCUT2D eigenvalue weighted by molar-refractivity contribution is -0.113. The van der Waals surface area contributed by atoms with Crippen LogP contribution < -0.4 is 0 Å². The number of carbonyl (C=O) groups excluding carboxylic acids is 1. The standard InChI is InChI=1S/C8H9Br2ClO/c1-8(2)4(3-5(9)10)6(8)7(11)12/h3-4,6H,1-2H3. The number of rotatable bonds is 2. The molecule has 1 rings (SSSR count). The van der Waals surface area contributed by atoms with E-state index in [1.54, 1.807) is 0 Å². The first-order valence-electron chi connectivity index (χ1n) is 3.59. The third-order valence-electron chi connectivity index (χ3n) is 2.46. The number of hydrogen-bond acceptors (Lipinski definition) is 1. The van der Waals surface area contributed by atoms with E-state index in [-0.39, 0.29) is 22.5 Å². The van der Waals surface area contributed by atoms with E-state index < -0.39 is 0 Å². The molecule has 0 aromatic carbocycles. The summed E-state index contributed by atoms with van der Waals surface area (Å²) in [6.07, 6.45) is 1.98. The summed E-state index contributed by atoms with van der Waals surface area (Å²) < 4.78 is 0.883. The molecule has 1 saturated carbocycles. The molecule has 4 heteroatoms. The highest BCUT2D eigenvalue weighted by Gasteiger charge is 2.59. The van der Waals surface area contributed by atoms with Crippen LogP contribution in [0.3, 0.4) is 0 Å². The van der Waals surface area contributed by atoms with Gasteiger partial charge in [-0.3, -0.25) is 4.79 Å². The van der Waals surface area contributed by atoms with Crippen molar-refractivity contribution in [2.24, 2.45) is 17.3 Å². The zero-order chi connectivity index (χ0) is 9.52. The predicted octanol–water partition coefficient (Wildman–Crippen LogP) is 3.66. The minimum Gasteiger partial charge on any atom is -0.281 e. The second-order valence-electron chi connectivity index (χ2n) is 3.59. The molecule has 0 heterocycles. The Morgan fingerprint density at radius 3 is 2.25 bits per heavy atom. The van der Waals surface area contributed by atoms with Crippen molar-refractivity contribution in [3.8, 4) is 0 Å². The van der Waals surface area contributed by atoms with Crippen LogP contribution in [0.2, 0.25) is 0 Å². The molecule has 0 aromatic heterocycles. The Labute approximate surface area is 93.8 Å². The van der Waals surface area contributed by atoms with Gasteiger partial charge < -0.3 is 0 Å². The van der Waals surface area contributed by atoms with Gasteiger partial charge in [0.1, 0.15) is 0 Å². The quantitative estimate of drug-likeness (QED) is 0.711. The summed E-state index contributed by atoms with van der Waals surface area (Å²) in [6.45, 7) is 4.09. The van der Waals surface area contributed by atoms with Crippen LogP contribution in [0.1, 0.15) is 13.8 Å². The Kier molecular flexibility index (Phi) is 3.07. The van der Waals surface area contributed by atoms with Crippen molar-refractivity contribution in [2.75, 3.05) is 0 Å². The monoisotopic (exact) mass is 314 g/mol. The normalized spacial score (nSPS) is 31.1. The van der Waals surface area contributed by atoms with Gasteiger partial charge in [-0.25, -0.2) is 0 Å². The molecular formula is C8H9Br2ClO. The van der Waals surface area contributed by atoms with Crippen LogP contribution in [-0.4, -0.2) is 5.24 Å². The van der Waals surface area contributed by atoms with Gasteiger partial charge in [0.25, 0.3) is 0 Å². The summed E-state index contributed by atoms with van der Waals surface area (Å²) in [7, 11) is 0. The molecule has 0 bridgehead atoms. The molecule has 2 atom stereocenters. The summed E-state index contributed by atoms with van der Waals surface area (Å²) >= 11 is 12.0. The van der Waals surface area contributed by atoms with E-state index >= 15 is 0 Å². The summed E-state index contributed by atoms with van der Waals surface area (Å²) in [5.74, 6) is 0.237. The maximum atomic E-state index is 10.9. The highest BCUT2D eigenvalue weighted by molar-refractivity contribution is 9.28. The largest absolute Gasteiger partial charge is 0.281 e. The molecule has 1 aliphatic rings. The first-order chi connectivity index (χ1) is 5.37. The van der Waals surface area contributed by atoms with Gasteiger partial charge in [-0.15, -0.1) is 0 Å². The van der Waals surface area contributed by atoms with Gasteiger partial charge in [0.05, 0.1) is 3.39 Å². The molecule has 0 N–H and O–H groups in total. The highest BCUT2D eigenvalue weighted by atomic mass is 79.9. The molecule has 0 aromatic rings. The number of allylic oxidation sites excluding steroid dienone is 1. The van der Waals surface area contributed by atoms with Crippen molar-refractivity contribution < 1.29 is 4.79 Å². The Morgan fingerprint density at radius 1 is 1.50 bits per heavy atom. The zero-order valence-corrected chi connectivity index (χ0v) is 10.7. The Bertz CT molecular complexity index is 243. The van der Waals surface area contributed by atoms with Crippen LogP contribution in [0.4, 0.5) is 0 Å². The van der Waals surface area contributed by atoms with Crippen LogP contribution in [-0.2, 0) is 4.79 Å². The molecule has 1 aliphatic carbocycles. The maximum absolute atomic E-state index is 10.9. The minimum absolute atomic E-state index is 0.0195. The van der Waals surface area contributed by atoms with Crippen molar-refractivity contribution in [3.05, 3.63) is 9.47 Å². The summed E-state index contributed by atoms with van der Waals surface area (Å²) in [5, 5.41) is -0.234. The van der Waals surface area contributed by atoms with Crippen LogP contribution in [0.25, 0.3) is 0 Å². The van der Waals surface area contributed by atoms with Crippen molar-refractivity contribution >= 4 is 48.7 Å². The third-order valence-corrected chi connectivity index (χ3v) is 3.22. The first-order valence-corrected chi connectivity index (χ1v) is 5.56. The summed E-state index contributed by atoms with van der Waals surface area (Å²) in [5.41, 5.74) is 0.0195. The maximum Gasteiger partial charge on any atom is 0.225 e. The fraction of sp³-hybridized carbons (Fsp3) is 0.625. The van der Waals surface area contributed by atoms with E-state index in [0.717, 1.165) is 3.39 Å². The number of carbonyl (C=O) groups is 1. The average Bonchev–Trinajstić information content (AvgIpc) is 2.32. The van der Waals surface area contributed by atoms with E-state index in [2.05, 4.69) is 31.9 Å². The topological polar surface area (TPSA) is 17.1 Å². The first kappa shape index (κ1) is 10.7. The van der Waals surface area contributed by atoms with Gasteiger partial charge in [-0.2, -0.15) is 0 Å². The van der Waals surface area contributed by atoms with E-state index in [1.165, 1.54) is 0 Å². The highest BCUT2D eigenvalue weighted by Crippen LogP contribution is 2.60. The Morgan fingerprint density at radius 2 is 2.00 bits per heavy atom. The second-order valence-corrected chi connectivity index (χ2v) is 6.73. The lowest BCUT2D eigenvalue weighted by Gasteiger charge is -1.96. The number of hydrogen-bond donors (Lipinski definition) is 0. The molecule has 68 valence electrons. The number of halogens is 3. The van der Waals surface area contributed by atoms with Gasteiger partial charge in [0.15, 0.2) is 0 Å². The fourth-order valence-corrected chi connectivity index (χ4v) is 2.54. The molecule has 0 amide bonds. The van der Waals surface area contributed by atoms with Crippen LogP contribution >= 0.6 is 43.5 Å². The molecule has 0 radical (unpaired) electrons. The van der Waals surface area contributed by atoms with Gasteiger partial charge in [-0.05, 0) is 54.8 Å². The van der Waals surface area contributed by atoms with Crippen molar-refractivity contribution in [3.63, 3.8) is 0 Å². The SMILES string of the molecule is CC1(C)C(C=C(Br)Br)C1C(=O)Cl. The van der Waals surface area contributed by atoms with Gasteiger partial charge in [0, 0.05) is 5.92 Å². The molecule has 0 saturated heterocycles. The van der Waals surface area contributed by atoms with Gasteiger partial charge in [0.2, 0.25) is 5.24 Å². The van der Waals surface area contributed by atoms with Crippen LogP contribution in [0.5, 0.6) is 0 Å². The third kappa shape index (κ3) is 1.94. The molecule has 2 unspecified atom stereocenters. The van der Waals surface area contributed by atoms with Gasteiger partial charge in [-0.1, -0.05) is 19.9 Å². The lowest BCUT2D eigenvalue weighted by Crippen LogP contribution is -1.96. The fourth-order valence-electron chi connectivity index (χ4n) is 1.56. The van der Waals surface area contributed by atoms with Crippen molar-refractivity contribution in [2.45, 2.75) is 13.8 Å². The molecule has 0 aliphatic heterocycles. The molecule has 1 fully saturated rings. The van der Waals surface area contributed by atoms with Crippen LogP contribution in [0, 0.1) is 17.3 Å². The molecule has 12 heavy (non-hydrogen) atoms. The zero-order valence-electron chi connectivity index (χ0n) is 6.77. The predicted molar refractivity (Wildman–Crippen MR) is 57.6 cm³/mol. The summed E-state index contributed by atoms with van der Waals surface area (Å²) in [4.78, 5) is 10.9. The Balaban J connectivity index is 2.73. The molecular weight excluding hydrogens is 307 g/mol. The summed E-state index contributed by atoms with van der Waals surface area (Å²) in [6, 6.07) is 0. The smallest absolute Gasteiger partial charge is 0.225 e. The van der Waals surface area contributed by atoms with E-state index in [0.29, 0.717) is 0 Å². The van der Waals surface area contributed by atoms with Crippen molar-refractivity contribution in [1.29, 1.82) is 0 Å². The van der Waals surface area contributed by atoms with Crippen molar-refractivity contribution in [1.82, 2.24) is 0 Å². The van der Waals surface area contributed by atoms with E-state index in [1.807, 2.05) is 19.9 Å². The lowest BCUT2D eigenvalue weighted by atomic mass is 10.1. The van der Waals surface area contributed by atoms with E-state index in [4.69, 9.17) is 11.6 Å². The van der Waals surface area contributed by atoms with Crippen LogP contribution in [0.15, 0.2) is 9.47 Å². The average molecular weight is 316 g/mol. The Hall–Kier alpha value is 0.660. The van der Waals surface area contributed by atoms with E-state index in [9.17, 15) is 4.79 Å². The molecule has 1 nitrogen and oxygen atoms in total. The second kappa shape index (κ2) is 3.43. The molecule has 0 spiro atoms.